The number of nitrogens with zero attached hydrogens (tertiary/aromatic N) is 1. The van der Waals surface area contributed by atoms with Crippen LogP contribution in [0.25, 0.3) is 0 Å². The molecule has 7 heteroatoms. The molecule has 0 radical (unpaired) electrons. The van der Waals surface area contributed by atoms with E-state index in [4.69, 9.17) is 0 Å². The lowest BCUT2D eigenvalue weighted by Crippen LogP contribution is -2.31. The summed E-state index contributed by atoms with van der Waals surface area (Å²) in [5.41, 5.74) is 1.08. The number of carbonyl (C=O) groups excluding carboxylic acids is 1. The van der Waals surface area contributed by atoms with Crippen LogP contribution in [0.15, 0.2) is 64.0 Å². The average molecular weight is 423 g/mol. The van der Waals surface area contributed by atoms with Gasteiger partial charge in [-0.1, -0.05) is 46.3 Å². The van der Waals surface area contributed by atoms with E-state index in [-0.39, 0.29) is 23.3 Å². The van der Waals surface area contributed by atoms with Crippen LogP contribution in [0, 0.1) is 5.92 Å². The van der Waals surface area contributed by atoms with Gasteiger partial charge in [-0.15, -0.1) is 0 Å². The Hall–Kier alpha value is -1.70. The summed E-state index contributed by atoms with van der Waals surface area (Å²) in [7, 11) is -3.56. The van der Waals surface area contributed by atoms with E-state index < -0.39 is 10.0 Å². The second-order valence-corrected chi connectivity index (χ2v) is 8.82. The van der Waals surface area contributed by atoms with Crippen molar-refractivity contribution >= 4 is 31.9 Å². The Morgan fingerprint density at radius 3 is 2.44 bits per heavy atom. The number of sulfonamides is 1. The minimum absolute atomic E-state index is 0.0126. The number of likely N-dealkylation sites (tertiary alicyclic amines) is 1. The first-order chi connectivity index (χ1) is 11.9. The average Bonchev–Trinajstić information content (AvgIpc) is 2.94. The highest BCUT2D eigenvalue weighted by Crippen LogP contribution is 2.21. The molecular formula is C18H19BrN2O3S. The third-order valence-electron chi connectivity index (χ3n) is 4.20. The van der Waals surface area contributed by atoms with Gasteiger partial charge in [-0.3, -0.25) is 4.79 Å². The maximum Gasteiger partial charge on any atom is 0.240 e. The van der Waals surface area contributed by atoms with Crippen molar-refractivity contribution < 1.29 is 13.2 Å². The number of amides is 1. The molecular weight excluding hydrogens is 404 g/mol. The third kappa shape index (κ3) is 4.68. The van der Waals surface area contributed by atoms with Gasteiger partial charge in [-0.2, -0.15) is 0 Å². The lowest BCUT2D eigenvalue weighted by molar-refractivity contribution is -0.128. The molecule has 3 rings (SSSR count). The number of hydrogen-bond donors (Lipinski definition) is 1. The highest BCUT2D eigenvalue weighted by Gasteiger charge is 2.30. The standard InChI is InChI=1S/C18H19BrN2O3S/c19-16-6-8-17(9-7-16)25(23,24)20-11-15-10-18(22)21(13-15)12-14-4-2-1-3-5-14/h1-9,15,20H,10-13H2. The van der Waals surface area contributed by atoms with Crippen molar-refractivity contribution in [1.82, 2.24) is 9.62 Å². The number of benzene rings is 2. The Kier molecular flexibility index (Phi) is 5.56. The fourth-order valence-electron chi connectivity index (χ4n) is 2.87. The maximum atomic E-state index is 12.3. The molecule has 0 saturated carbocycles. The first-order valence-electron chi connectivity index (χ1n) is 8.01. The van der Waals surface area contributed by atoms with Crippen molar-refractivity contribution in [3.8, 4) is 0 Å². The van der Waals surface area contributed by atoms with Gasteiger partial charge in [0.15, 0.2) is 0 Å². The Morgan fingerprint density at radius 1 is 1.08 bits per heavy atom. The number of carbonyl (C=O) groups is 1. The van der Waals surface area contributed by atoms with E-state index in [1.165, 1.54) is 0 Å². The van der Waals surface area contributed by atoms with Crippen LogP contribution < -0.4 is 4.72 Å². The molecule has 1 fully saturated rings. The molecule has 1 aliphatic heterocycles. The van der Waals surface area contributed by atoms with E-state index in [0.717, 1.165) is 10.0 Å². The van der Waals surface area contributed by atoms with Gasteiger partial charge >= 0.3 is 0 Å². The minimum atomic E-state index is -3.56. The van der Waals surface area contributed by atoms with Crippen LogP contribution in [0.2, 0.25) is 0 Å². The summed E-state index contributed by atoms with van der Waals surface area (Å²) in [4.78, 5) is 14.2. The monoisotopic (exact) mass is 422 g/mol. The van der Waals surface area contributed by atoms with E-state index in [1.54, 1.807) is 29.2 Å². The van der Waals surface area contributed by atoms with Crippen molar-refractivity contribution in [2.75, 3.05) is 13.1 Å². The highest BCUT2D eigenvalue weighted by atomic mass is 79.9. The molecule has 0 bridgehead atoms. The van der Waals surface area contributed by atoms with E-state index in [9.17, 15) is 13.2 Å². The second kappa shape index (κ2) is 7.68. The maximum absolute atomic E-state index is 12.3. The van der Waals surface area contributed by atoms with Gasteiger partial charge in [0.2, 0.25) is 15.9 Å². The summed E-state index contributed by atoms with van der Waals surface area (Å²) in [5, 5.41) is 0. The zero-order valence-corrected chi connectivity index (χ0v) is 16.0. The van der Waals surface area contributed by atoms with Gasteiger partial charge in [0.25, 0.3) is 0 Å². The number of rotatable bonds is 6. The highest BCUT2D eigenvalue weighted by molar-refractivity contribution is 9.10. The molecule has 1 atom stereocenters. The van der Waals surface area contributed by atoms with Crippen molar-refractivity contribution in [2.24, 2.45) is 5.92 Å². The minimum Gasteiger partial charge on any atom is -0.338 e. The van der Waals surface area contributed by atoms with Gasteiger partial charge < -0.3 is 4.90 Å². The molecule has 1 aliphatic rings. The molecule has 1 amide bonds. The zero-order valence-electron chi connectivity index (χ0n) is 13.6. The largest absolute Gasteiger partial charge is 0.338 e. The van der Waals surface area contributed by atoms with Crippen molar-refractivity contribution in [3.05, 3.63) is 64.6 Å². The van der Waals surface area contributed by atoms with Gasteiger partial charge in [0, 0.05) is 30.5 Å². The number of hydrogen-bond acceptors (Lipinski definition) is 3. The SMILES string of the molecule is O=C1CC(CNS(=O)(=O)c2ccc(Br)cc2)CN1Cc1ccccc1. The van der Waals surface area contributed by atoms with E-state index in [0.29, 0.717) is 19.5 Å². The predicted molar refractivity (Wildman–Crippen MR) is 99.3 cm³/mol. The molecule has 1 saturated heterocycles. The molecule has 1 unspecified atom stereocenters. The molecule has 2 aromatic rings. The molecule has 1 N–H and O–H groups in total. The predicted octanol–water partition coefficient (Wildman–Crippen LogP) is 2.78. The molecule has 0 aliphatic carbocycles. The van der Waals surface area contributed by atoms with E-state index in [2.05, 4.69) is 20.7 Å². The zero-order chi connectivity index (χ0) is 17.9. The Balaban J connectivity index is 1.57. The molecule has 0 spiro atoms. The van der Waals surface area contributed by atoms with Crippen LogP contribution in [0.5, 0.6) is 0 Å². The fourth-order valence-corrected chi connectivity index (χ4v) is 4.25. The number of halogens is 1. The van der Waals surface area contributed by atoms with E-state index in [1.807, 2.05) is 30.3 Å². The van der Waals surface area contributed by atoms with Crippen LogP contribution in [-0.2, 0) is 21.4 Å². The van der Waals surface area contributed by atoms with Crippen molar-refractivity contribution in [1.29, 1.82) is 0 Å². The summed E-state index contributed by atoms with van der Waals surface area (Å²) in [6.07, 6.45) is 0.371. The lowest BCUT2D eigenvalue weighted by Gasteiger charge is -2.17. The molecule has 25 heavy (non-hydrogen) atoms. The van der Waals surface area contributed by atoms with Gasteiger partial charge in [0.05, 0.1) is 4.90 Å². The Labute approximate surface area is 156 Å². The van der Waals surface area contributed by atoms with Crippen LogP contribution in [0.4, 0.5) is 0 Å². The molecule has 0 aromatic heterocycles. The van der Waals surface area contributed by atoms with Crippen LogP contribution in [-0.4, -0.2) is 32.3 Å². The lowest BCUT2D eigenvalue weighted by atomic mass is 10.1. The fraction of sp³-hybridized carbons (Fsp3) is 0.278. The summed E-state index contributed by atoms with van der Waals surface area (Å²) >= 11 is 3.29. The normalized spacial score (nSPS) is 17.9. The smallest absolute Gasteiger partial charge is 0.240 e. The molecule has 5 nitrogen and oxygen atoms in total. The first-order valence-corrected chi connectivity index (χ1v) is 10.3. The number of nitrogens with one attached hydrogen (secondary N) is 1. The Morgan fingerprint density at radius 2 is 1.76 bits per heavy atom. The molecule has 2 aromatic carbocycles. The van der Waals surface area contributed by atoms with Crippen LogP contribution in [0.1, 0.15) is 12.0 Å². The summed E-state index contributed by atoms with van der Waals surface area (Å²) < 4.78 is 28.1. The molecule has 132 valence electrons. The first kappa shape index (κ1) is 18.1. The van der Waals surface area contributed by atoms with Crippen LogP contribution >= 0.6 is 15.9 Å². The summed E-state index contributed by atoms with van der Waals surface area (Å²) in [6.45, 7) is 1.39. The van der Waals surface area contributed by atoms with Gasteiger partial charge in [0.1, 0.15) is 0 Å². The van der Waals surface area contributed by atoms with Gasteiger partial charge in [-0.25, -0.2) is 13.1 Å². The van der Waals surface area contributed by atoms with Crippen molar-refractivity contribution in [3.63, 3.8) is 0 Å². The van der Waals surface area contributed by atoms with E-state index >= 15 is 0 Å². The summed E-state index contributed by atoms with van der Waals surface area (Å²) in [6, 6.07) is 16.3. The summed E-state index contributed by atoms with van der Waals surface area (Å²) in [5.74, 6) is 0.0538. The van der Waals surface area contributed by atoms with Gasteiger partial charge in [-0.05, 0) is 35.7 Å². The second-order valence-electron chi connectivity index (χ2n) is 6.14. The topological polar surface area (TPSA) is 66.5 Å². The third-order valence-corrected chi connectivity index (χ3v) is 6.16. The quantitative estimate of drug-likeness (QED) is 0.777. The van der Waals surface area contributed by atoms with Crippen molar-refractivity contribution in [2.45, 2.75) is 17.9 Å². The molecule has 1 heterocycles. The van der Waals surface area contributed by atoms with Crippen LogP contribution in [0.3, 0.4) is 0 Å². The Bertz CT molecular complexity index is 838.